The number of hydrogen-bond acceptors (Lipinski definition) is 2. The number of fused-ring (bicyclic) bond motifs is 3. The third-order valence-electron chi connectivity index (χ3n) is 3.14. The molecule has 2 heteroatoms. The van der Waals surface area contributed by atoms with Crippen molar-refractivity contribution in [2.24, 2.45) is 5.73 Å². The van der Waals surface area contributed by atoms with Crippen molar-refractivity contribution in [3.05, 3.63) is 0 Å². The van der Waals surface area contributed by atoms with Crippen LogP contribution >= 0.6 is 0 Å². The monoisotopic (exact) mass is 140 g/mol. The first-order valence-corrected chi connectivity index (χ1v) is 4.19. The van der Waals surface area contributed by atoms with Crippen LogP contribution in [0, 0.1) is 0 Å². The van der Waals surface area contributed by atoms with Crippen molar-refractivity contribution in [1.82, 2.24) is 4.90 Å². The predicted octanol–water partition coefficient (Wildman–Crippen LogP) is 0.572. The van der Waals surface area contributed by atoms with Gasteiger partial charge in [0.05, 0.1) is 0 Å². The van der Waals surface area contributed by atoms with Gasteiger partial charge in [-0.3, -0.25) is 0 Å². The van der Waals surface area contributed by atoms with Gasteiger partial charge in [-0.2, -0.15) is 0 Å². The second kappa shape index (κ2) is 1.95. The van der Waals surface area contributed by atoms with Crippen molar-refractivity contribution in [3.63, 3.8) is 0 Å². The van der Waals surface area contributed by atoms with Crippen LogP contribution in [0.25, 0.3) is 0 Å². The molecule has 0 aromatic carbocycles. The highest BCUT2D eigenvalue weighted by molar-refractivity contribution is 5.00. The third-order valence-corrected chi connectivity index (χ3v) is 3.14. The van der Waals surface area contributed by atoms with Crippen LogP contribution in [-0.4, -0.2) is 30.1 Å². The molecule has 2 bridgehead atoms. The number of nitrogens with two attached hydrogens (primary N) is 1. The van der Waals surface area contributed by atoms with E-state index in [1.54, 1.807) is 0 Å². The predicted molar refractivity (Wildman–Crippen MR) is 41.8 cm³/mol. The topological polar surface area (TPSA) is 29.3 Å². The minimum atomic E-state index is 0.184. The molecule has 2 aliphatic heterocycles. The Morgan fingerprint density at radius 3 is 2.30 bits per heavy atom. The summed E-state index contributed by atoms with van der Waals surface area (Å²) in [6.45, 7) is 1.12. The van der Waals surface area contributed by atoms with E-state index < -0.39 is 0 Å². The van der Waals surface area contributed by atoms with Crippen molar-refractivity contribution in [3.8, 4) is 0 Å². The Hall–Kier alpha value is -0.0800. The SMILES string of the molecule is CN1CC2(N)CCC1CC2. The Morgan fingerprint density at radius 1 is 1.40 bits per heavy atom. The summed E-state index contributed by atoms with van der Waals surface area (Å²) < 4.78 is 0. The lowest BCUT2D eigenvalue weighted by molar-refractivity contribution is 0.0511. The Morgan fingerprint density at radius 2 is 2.00 bits per heavy atom. The molecule has 1 saturated carbocycles. The van der Waals surface area contributed by atoms with Crippen molar-refractivity contribution in [2.75, 3.05) is 13.6 Å². The second-order valence-electron chi connectivity index (χ2n) is 4.01. The molecule has 58 valence electrons. The molecule has 2 nitrogen and oxygen atoms in total. The van der Waals surface area contributed by atoms with Gasteiger partial charge in [0.25, 0.3) is 0 Å². The molecule has 1 aliphatic carbocycles. The minimum Gasteiger partial charge on any atom is -0.324 e. The average molecular weight is 140 g/mol. The lowest BCUT2D eigenvalue weighted by atomic mass is 9.75. The van der Waals surface area contributed by atoms with Gasteiger partial charge in [0.2, 0.25) is 0 Å². The molecular weight excluding hydrogens is 124 g/mol. The Labute approximate surface area is 62.4 Å². The smallest absolute Gasteiger partial charge is 0.0284 e. The van der Waals surface area contributed by atoms with E-state index in [2.05, 4.69) is 11.9 Å². The van der Waals surface area contributed by atoms with Crippen LogP contribution in [0.2, 0.25) is 0 Å². The van der Waals surface area contributed by atoms with Gasteiger partial charge in [0.1, 0.15) is 0 Å². The fourth-order valence-corrected chi connectivity index (χ4v) is 2.40. The molecule has 3 aliphatic rings. The van der Waals surface area contributed by atoms with Crippen LogP contribution in [0.15, 0.2) is 0 Å². The molecule has 0 atom stereocenters. The van der Waals surface area contributed by atoms with Gasteiger partial charge in [-0.05, 0) is 32.7 Å². The van der Waals surface area contributed by atoms with E-state index in [1.807, 2.05) is 0 Å². The molecule has 0 aromatic rings. The summed E-state index contributed by atoms with van der Waals surface area (Å²) in [5, 5.41) is 0. The molecule has 0 unspecified atom stereocenters. The van der Waals surface area contributed by atoms with Crippen LogP contribution in [0.3, 0.4) is 0 Å². The summed E-state index contributed by atoms with van der Waals surface area (Å²) in [4.78, 5) is 2.42. The van der Waals surface area contributed by atoms with E-state index >= 15 is 0 Å². The molecule has 3 fully saturated rings. The summed E-state index contributed by atoms with van der Waals surface area (Å²) in [6, 6.07) is 0.852. The fourth-order valence-electron chi connectivity index (χ4n) is 2.40. The maximum Gasteiger partial charge on any atom is 0.0284 e. The molecule has 0 radical (unpaired) electrons. The molecule has 0 aromatic heterocycles. The summed E-state index contributed by atoms with van der Waals surface area (Å²) in [5.74, 6) is 0. The highest BCUT2D eigenvalue weighted by atomic mass is 15.2. The highest BCUT2D eigenvalue weighted by Gasteiger charge is 2.40. The fraction of sp³-hybridized carbons (Fsp3) is 1.00. The molecule has 3 rings (SSSR count). The lowest BCUT2D eigenvalue weighted by Gasteiger charge is -2.49. The zero-order chi connectivity index (χ0) is 7.19. The molecule has 0 spiro atoms. The van der Waals surface area contributed by atoms with E-state index in [0.29, 0.717) is 0 Å². The van der Waals surface area contributed by atoms with E-state index in [0.717, 1.165) is 12.6 Å². The van der Waals surface area contributed by atoms with Crippen LogP contribution in [0.4, 0.5) is 0 Å². The molecular formula is C8H16N2. The van der Waals surface area contributed by atoms with Crippen molar-refractivity contribution >= 4 is 0 Å². The van der Waals surface area contributed by atoms with Gasteiger partial charge in [-0.15, -0.1) is 0 Å². The molecule has 2 heterocycles. The second-order valence-corrected chi connectivity index (χ2v) is 4.01. The van der Waals surface area contributed by atoms with Crippen LogP contribution in [0.1, 0.15) is 25.7 Å². The average Bonchev–Trinajstić information content (AvgIpc) is 1.87. The van der Waals surface area contributed by atoms with Gasteiger partial charge >= 0.3 is 0 Å². The first-order chi connectivity index (χ1) is 4.70. The van der Waals surface area contributed by atoms with Gasteiger partial charge in [-0.1, -0.05) is 0 Å². The van der Waals surface area contributed by atoms with Crippen LogP contribution in [-0.2, 0) is 0 Å². The van der Waals surface area contributed by atoms with Gasteiger partial charge in [0, 0.05) is 18.1 Å². The Bertz CT molecular complexity index is 136. The zero-order valence-corrected chi connectivity index (χ0v) is 6.64. The minimum absolute atomic E-state index is 0.184. The largest absolute Gasteiger partial charge is 0.324 e. The quantitative estimate of drug-likeness (QED) is 0.533. The van der Waals surface area contributed by atoms with Gasteiger partial charge < -0.3 is 10.6 Å². The van der Waals surface area contributed by atoms with Gasteiger partial charge in [0.15, 0.2) is 0 Å². The standard InChI is InChI=1S/C8H16N2/c1-10-6-8(9)4-2-7(10)3-5-8/h7H,2-6,9H2,1H3. The summed E-state index contributed by atoms with van der Waals surface area (Å²) >= 11 is 0. The summed E-state index contributed by atoms with van der Waals surface area (Å²) in [7, 11) is 2.20. The first kappa shape index (κ1) is 6.62. The van der Waals surface area contributed by atoms with Crippen molar-refractivity contribution < 1.29 is 0 Å². The zero-order valence-electron chi connectivity index (χ0n) is 6.64. The van der Waals surface area contributed by atoms with Crippen LogP contribution in [0.5, 0.6) is 0 Å². The summed E-state index contributed by atoms with van der Waals surface area (Å²) in [6.07, 6.45) is 5.16. The normalized spacial score (nSPS) is 48.0. The third kappa shape index (κ3) is 0.867. The first-order valence-electron chi connectivity index (χ1n) is 4.19. The molecule has 2 saturated heterocycles. The lowest BCUT2D eigenvalue weighted by Crippen LogP contribution is -2.60. The van der Waals surface area contributed by atoms with E-state index in [9.17, 15) is 0 Å². The van der Waals surface area contributed by atoms with E-state index in [1.165, 1.54) is 25.7 Å². The maximum atomic E-state index is 6.14. The van der Waals surface area contributed by atoms with Gasteiger partial charge in [-0.25, -0.2) is 0 Å². The van der Waals surface area contributed by atoms with Crippen molar-refractivity contribution in [1.29, 1.82) is 0 Å². The highest BCUT2D eigenvalue weighted by Crippen LogP contribution is 2.35. The Kier molecular flexibility index (Phi) is 1.29. The molecule has 0 amide bonds. The van der Waals surface area contributed by atoms with E-state index in [-0.39, 0.29) is 5.54 Å². The van der Waals surface area contributed by atoms with Crippen molar-refractivity contribution in [2.45, 2.75) is 37.3 Å². The maximum absolute atomic E-state index is 6.14. The Balaban J connectivity index is 2.14. The summed E-state index contributed by atoms with van der Waals surface area (Å²) in [5.41, 5.74) is 6.33. The number of hydrogen-bond donors (Lipinski definition) is 1. The number of likely N-dealkylation sites (N-methyl/N-ethyl adjacent to an activating group) is 1. The van der Waals surface area contributed by atoms with E-state index in [4.69, 9.17) is 5.73 Å². The number of piperidine rings is 2. The molecule has 2 N–H and O–H groups in total. The number of nitrogens with zero attached hydrogens (tertiary/aromatic N) is 1. The van der Waals surface area contributed by atoms with Crippen LogP contribution < -0.4 is 5.73 Å². The molecule has 10 heavy (non-hydrogen) atoms. The number of rotatable bonds is 0.